The second-order valence-corrected chi connectivity index (χ2v) is 3.77. The van der Waals surface area contributed by atoms with Crippen molar-refractivity contribution >= 4 is 5.97 Å². The van der Waals surface area contributed by atoms with Gasteiger partial charge in [0.05, 0.1) is 5.92 Å². The van der Waals surface area contributed by atoms with Crippen LogP contribution in [0, 0.1) is 12.8 Å². The Balaban J connectivity index is 3.00. The first-order valence-corrected chi connectivity index (χ1v) is 5.11. The number of hydrogen-bond donors (Lipinski definition) is 1. The summed E-state index contributed by atoms with van der Waals surface area (Å²) in [5, 5.41) is 16.9. The summed E-state index contributed by atoms with van der Waals surface area (Å²) >= 11 is 0. The smallest absolute Gasteiger partial charge is 0.306 e. The Bertz CT molecular complexity index is 360. The van der Waals surface area contributed by atoms with E-state index in [-0.39, 0.29) is 5.92 Å². The number of hydrogen-bond acceptors (Lipinski definition) is 3. The summed E-state index contributed by atoms with van der Waals surface area (Å²) in [7, 11) is 0. The third-order valence-corrected chi connectivity index (χ3v) is 2.83. The summed E-state index contributed by atoms with van der Waals surface area (Å²) in [5.74, 6) is 0.218. The molecule has 0 spiro atoms. The molecule has 1 aromatic rings. The van der Waals surface area contributed by atoms with Crippen LogP contribution >= 0.6 is 0 Å². The van der Waals surface area contributed by atoms with Gasteiger partial charge in [-0.1, -0.05) is 13.8 Å². The van der Waals surface area contributed by atoms with E-state index in [1.54, 1.807) is 6.92 Å². The first-order chi connectivity index (χ1) is 6.99. The first-order valence-electron chi connectivity index (χ1n) is 5.11. The molecule has 2 atom stereocenters. The maximum Gasteiger partial charge on any atom is 0.306 e. The lowest BCUT2D eigenvalue weighted by atomic mass is 9.95. The molecule has 0 saturated carbocycles. The molecule has 0 aliphatic rings. The highest BCUT2D eigenvalue weighted by Gasteiger charge is 2.25. The van der Waals surface area contributed by atoms with Crippen LogP contribution in [0.2, 0.25) is 0 Å². The van der Waals surface area contributed by atoms with Gasteiger partial charge in [0.2, 0.25) is 0 Å². The van der Waals surface area contributed by atoms with Gasteiger partial charge in [-0.3, -0.25) is 4.79 Å². The minimum Gasteiger partial charge on any atom is -0.481 e. The zero-order valence-corrected chi connectivity index (χ0v) is 9.56. The molecular formula is C10H17N3O2. The molecule has 0 bridgehead atoms. The van der Waals surface area contributed by atoms with Crippen LogP contribution in [-0.4, -0.2) is 25.8 Å². The maximum atomic E-state index is 10.9. The minimum absolute atomic E-state index is 0.122. The molecule has 0 amide bonds. The Labute approximate surface area is 89.1 Å². The molecule has 0 aliphatic carbocycles. The topological polar surface area (TPSA) is 68.0 Å². The predicted molar refractivity (Wildman–Crippen MR) is 55.6 cm³/mol. The van der Waals surface area contributed by atoms with Crippen LogP contribution < -0.4 is 0 Å². The summed E-state index contributed by atoms with van der Waals surface area (Å²) in [6, 6.07) is 0. The van der Waals surface area contributed by atoms with E-state index in [9.17, 15) is 4.79 Å². The van der Waals surface area contributed by atoms with E-state index in [2.05, 4.69) is 10.2 Å². The van der Waals surface area contributed by atoms with Gasteiger partial charge in [0, 0.05) is 12.5 Å². The second kappa shape index (κ2) is 4.42. The number of carboxylic acids is 1. The van der Waals surface area contributed by atoms with Gasteiger partial charge >= 0.3 is 5.97 Å². The summed E-state index contributed by atoms with van der Waals surface area (Å²) < 4.78 is 1.95. The highest BCUT2D eigenvalue weighted by molar-refractivity contribution is 5.70. The fourth-order valence-corrected chi connectivity index (χ4v) is 1.56. The van der Waals surface area contributed by atoms with Gasteiger partial charge < -0.3 is 9.67 Å². The third-order valence-electron chi connectivity index (χ3n) is 2.83. The summed E-state index contributed by atoms with van der Waals surface area (Å²) in [6.45, 7) is 8.20. The van der Waals surface area contributed by atoms with Gasteiger partial charge in [-0.2, -0.15) is 0 Å². The lowest BCUT2D eigenvalue weighted by Gasteiger charge is -2.16. The van der Waals surface area contributed by atoms with E-state index < -0.39 is 11.9 Å². The lowest BCUT2D eigenvalue weighted by molar-refractivity contribution is -0.141. The van der Waals surface area contributed by atoms with Crippen molar-refractivity contribution in [3.63, 3.8) is 0 Å². The zero-order chi connectivity index (χ0) is 11.6. The first kappa shape index (κ1) is 11.7. The standard InChI is InChI=1S/C10H17N3O2/c1-5-13-8(4)11-12-9(13)6(2)7(3)10(14)15/h6-7H,5H2,1-4H3,(H,14,15). The molecule has 2 unspecified atom stereocenters. The quantitative estimate of drug-likeness (QED) is 0.818. The number of nitrogens with zero attached hydrogens (tertiary/aromatic N) is 3. The van der Waals surface area contributed by atoms with E-state index in [0.29, 0.717) is 0 Å². The Hall–Kier alpha value is -1.39. The van der Waals surface area contributed by atoms with Crippen molar-refractivity contribution in [1.29, 1.82) is 0 Å². The second-order valence-electron chi connectivity index (χ2n) is 3.77. The third kappa shape index (κ3) is 2.16. The molecule has 1 N–H and O–H groups in total. The van der Waals surface area contributed by atoms with E-state index in [1.807, 2.05) is 25.3 Å². The Kier molecular flexibility index (Phi) is 3.44. The Morgan fingerprint density at radius 2 is 2.07 bits per heavy atom. The summed E-state index contributed by atoms with van der Waals surface area (Å²) in [4.78, 5) is 10.9. The average molecular weight is 211 g/mol. The number of aryl methyl sites for hydroxylation is 1. The number of rotatable bonds is 4. The Morgan fingerprint density at radius 3 is 2.53 bits per heavy atom. The van der Waals surface area contributed by atoms with Crippen molar-refractivity contribution in [1.82, 2.24) is 14.8 Å². The molecule has 5 nitrogen and oxygen atoms in total. The Morgan fingerprint density at radius 1 is 1.47 bits per heavy atom. The van der Waals surface area contributed by atoms with Crippen molar-refractivity contribution in [3.05, 3.63) is 11.6 Å². The summed E-state index contributed by atoms with van der Waals surface area (Å²) in [5.41, 5.74) is 0. The van der Waals surface area contributed by atoms with Gasteiger partial charge in [-0.25, -0.2) is 0 Å². The molecule has 84 valence electrons. The van der Waals surface area contributed by atoms with Gasteiger partial charge in [0.25, 0.3) is 0 Å². The van der Waals surface area contributed by atoms with E-state index in [4.69, 9.17) is 5.11 Å². The van der Waals surface area contributed by atoms with E-state index in [1.165, 1.54) is 0 Å². The normalized spacial score (nSPS) is 14.9. The van der Waals surface area contributed by atoms with Crippen LogP contribution in [0.4, 0.5) is 0 Å². The highest BCUT2D eigenvalue weighted by Crippen LogP contribution is 2.23. The fraction of sp³-hybridized carbons (Fsp3) is 0.700. The molecule has 1 aromatic heterocycles. The fourth-order valence-electron chi connectivity index (χ4n) is 1.56. The molecule has 0 aromatic carbocycles. The predicted octanol–water partition coefficient (Wildman–Crippen LogP) is 1.43. The van der Waals surface area contributed by atoms with Crippen LogP contribution in [-0.2, 0) is 11.3 Å². The summed E-state index contributed by atoms with van der Waals surface area (Å²) in [6.07, 6.45) is 0. The molecule has 5 heteroatoms. The van der Waals surface area contributed by atoms with Crippen LogP contribution in [0.1, 0.15) is 38.3 Å². The molecule has 0 aliphatic heterocycles. The maximum absolute atomic E-state index is 10.9. The van der Waals surface area contributed by atoms with E-state index in [0.717, 1.165) is 18.2 Å². The van der Waals surface area contributed by atoms with Crippen LogP contribution in [0.25, 0.3) is 0 Å². The van der Waals surface area contributed by atoms with Crippen LogP contribution in [0.15, 0.2) is 0 Å². The van der Waals surface area contributed by atoms with Gasteiger partial charge in [-0.15, -0.1) is 10.2 Å². The lowest BCUT2D eigenvalue weighted by Crippen LogP contribution is -2.20. The van der Waals surface area contributed by atoms with Gasteiger partial charge in [0.1, 0.15) is 11.6 Å². The molecule has 0 saturated heterocycles. The van der Waals surface area contributed by atoms with E-state index >= 15 is 0 Å². The minimum atomic E-state index is -0.800. The largest absolute Gasteiger partial charge is 0.481 e. The van der Waals surface area contributed by atoms with Crippen molar-refractivity contribution in [2.24, 2.45) is 5.92 Å². The van der Waals surface area contributed by atoms with Crippen molar-refractivity contribution < 1.29 is 9.90 Å². The zero-order valence-electron chi connectivity index (χ0n) is 9.56. The van der Waals surface area contributed by atoms with Gasteiger partial charge in [-0.05, 0) is 13.8 Å². The molecule has 0 radical (unpaired) electrons. The van der Waals surface area contributed by atoms with Crippen molar-refractivity contribution in [2.45, 2.75) is 40.2 Å². The molecule has 1 heterocycles. The number of aromatic nitrogens is 3. The van der Waals surface area contributed by atoms with Crippen molar-refractivity contribution in [2.75, 3.05) is 0 Å². The molecule has 15 heavy (non-hydrogen) atoms. The number of carbonyl (C=O) groups is 1. The van der Waals surface area contributed by atoms with Crippen LogP contribution in [0.3, 0.4) is 0 Å². The number of carboxylic acid groups (broad SMARTS) is 1. The van der Waals surface area contributed by atoms with Crippen molar-refractivity contribution in [3.8, 4) is 0 Å². The highest BCUT2D eigenvalue weighted by atomic mass is 16.4. The molecule has 0 fully saturated rings. The van der Waals surface area contributed by atoms with Crippen LogP contribution in [0.5, 0.6) is 0 Å². The number of aliphatic carboxylic acids is 1. The SMILES string of the molecule is CCn1c(C)nnc1C(C)C(C)C(=O)O. The molecule has 1 rings (SSSR count). The molecular weight excluding hydrogens is 194 g/mol. The monoisotopic (exact) mass is 211 g/mol. The van der Waals surface area contributed by atoms with Gasteiger partial charge in [0.15, 0.2) is 0 Å². The average Bonchev–Trinajstić information content (AvgIpc) is 2.57.